The molecule has 1 rings (SSSR count). The van der Waals surface area contributed by atoms with Crippen LogP contribution >= 0.6 is 0 Å². The normalized spacial score (nSPS) is 9.75. The van der Waals surface area contributed by atoms with E-state index in [1.54, 1.807) is 7.11 Å². The highest BCUT2D eigenvalue weighted by Crippen LogP contribution is 2.02. The van der Waals surface area contributed by atoms with E-state index in [1.807, 2.05) is 6.07 Å². The van der Waals surface area contributed by atoms with E-state index in [-0.39, 0.29) is 18.0 Å². The first-order valence-corrected chi connectivity index (χ1v) is 4.85. The molecule has 0 aliphatic carbocycles. The zero-order chi connectivity index (χ0) is 11.8. The van der Waals surface area contributed by atoms with Crippen molar-refractivity contribution in [3.63, 3.8) is 0 Å². The summed E-state index contributed by atoms with van der Waals surface area (Å²) in [5.41, 5.74) is 0.244. The Kier molecular flexibility index (Phi) is 5.02. The van der Waals surface area contributed by atoms with Gasteiger partial charge in [0.05, 0.1) is 19.1 Å². The summed E-state index contributed by atoms with van der Waals surface area (Å²) in [4.78, 5) is 13.4. The molecule has 86 valence electrons. The molecule has 1 aromatic heterocycles. The molecule has 0 bridgehead atoms. The lowest BCUT2D eigenvalue weighted by molar-refractivity contribution is 0.0690. The summed E-state index contributed by atoms with van der Waals surface area (Å²) in [6.07, 6.45) is 1.62. The maximum atomic E-state index is 11.9. The molecule has 1 heterocycles. The summed E-state index contributed by atoms with van der Waals surface area (Å²) < 4.78 is 9.50. The molecule has 1 aromatic rings. The van der Waals surface area contributed by atoms with Crippen LogP contribution in [0.2, 0.25) is 0 Å². The number of carbonyl (C=O) groups excluding carboxylic acids is 1. The van der Waals surface area contributed by atoms with E-state index >= 15 is 0 Å². The van der Waals surface area contributed by atoms with Crippen molar-refractivity contribution in [1.29, 1.82) is 5.26 Å². The van der Waals surface area contributed by atoms with Crippen molar-refractivity contribution < 1.29 is 14.1 Å². The van der Waals surface area contributed by atoms with Crippen molar-refractivity contribution in [2.75, 3.05) is 26.8 Å². The van der Waals surface area contributed by atoms with Crippen LogP contribution in [0.1, 0.15) is 16.9 Å². The third-order valence-corrected chi connectivity index (χ3v) is 2.00. The van der Waals surface area contributed by atoms with E-state index in [4.69, 9.17) is 10.00 Å². The lowest BCUT2D eigenvalue weighted by Crippen LogP contribution is -2.34. The Labute approximate surface area is 93.4 Å². The summed E-state index contributed by atoms with van der Waals surface area (Å²) in [5, 5.41) is 12.1. The fourth-order valence-corrected chi connectivity index (χ4v) is 1.19. The van der Waals surface area contributed by atoms with Crippen molar-refractivity contribution in [1.82, 2.24) is 10.1 Å². The lowest BCUT2D eigenvalue weighted by Gasteiger charge is -2.19. The van der Waals surface area contributed by atoms with Gasteiger partial charge in [-0.2, -0.15) is 5.26 Å². The third-order valence-electron chi connectivity index (χ3n) is 2.00. The SMILES string of the molecule is COCCN(CCC#N)C(=O)c1ccon1. The quantitative estimate of drug-likeness (QED) is 0.708. The highest BCUT2D eigenvalue weighted by atomic mass is 16.5. The van der Waals surface area contributed by atoms with Crippen LogP contribution in [0.3, 0.4) is 0 Å². The first kappa shape index (κ1) is 12.2. The minimum atomic E-state index is -0.249. The van der Waals surface area contributed by atoms with Gasteiger partial charge in [0.1, 0.15) is 6.26 Å². The molecule has 0 fully saturated rings. The zero-order valence-corrected chi connectivity index (χ0v) is 9.05. The first-order chi connectivity index (χ1) is 7.79. The van der Waals surface area contributed by atoms with Gasteiger partial charge < -0.3 is 14.2 Å². The predicted molar refractivity (Wildman–Crippen MR) is 54.5 cm³/mol. The van der Waals surface area contributed by atoms with Crippen LogP contribution in [-0.4, -0.2) is 42.8 Å². The highest BCUT2D eigenvalue weighted by Gasteiger charge is 2.17. The van der Waals surface area contributed by atoms with Crippen molar-refractivity contribution in [2.24, 2.45) is 0 Å². The summed E-state index contributed by atoms with van der Waals surface area (Å²) >= 11 is 0. The van der Waals surface area contributed by atoms with E-state index < -0.39 is 0 Å². The number of nitrogens with zero attached hydrogens (tertiary/aromatic N) is 3. The van der Waals surface area contributed by atoms with Crippen LogP contribution in [0.5, 0.6) is 0 Å². The number of aromatic nitrogens is 1. The van der Waals surface area contributed by atoms with Gasteiger partial charge in [-0.25, -0.2) is 0 Å². The van der Waals surface area contributed by atoms with Gasteiger partial charge in [-0.3, -0.25) is 4.79 Å². The Morgan fingerprint density at radius 1 is 1.69 bits per heavy atom. The number of methoxy groups -OCH3 is 1. The number of nitriles is 1. The van der Waals surface area contributed by atoms with Crippen molar-refractivity contribution >= 4 is 5.91 Å². The fourth-order valence-electron chi connectivity index (χ4n) is 1.19. The molecule has 6 heteroatoms. The highest BCUT2D eigenvalue weighted by molar-refractivity contribution is 5.92. The second kappa shape index (κ2) is 6.58. The molecular formula is C10H13N3O3. The lowest BCUT2D eigenvalue weighted by atomic mass is 10.3. The second-order valence-corrected chi connectivity index (χ2v) is 3.08. The molecular weight excluding hydrogens is 210 g/mol. The van der Waals surface area contributed by atoms with Crippen molar-refractivity contribution in [2.45, 2.75) is 6.42 Å². The minimum absolute atomic E-state index is 0.244. The molecule has 0 unspecified atom stereocenters. The van der Waals surface area contributed by atoms with Crippen LogP contribution in [0.4, 0.5) is 0 Å². The van der Waals surface area contributed by atoms with E-state index in [0.29, 0.717) is 19.7 Å². The van der Waals surface area contributed by atoms with Crippen LogP contribution in [0.15, 0.2) is 16.9 Å². The monoisotopic (exact) mass is 223 g/mol. The van der Waals surface area contributed by atoms with E-state index in [1.165, 1.54) is 17.2 Å². The number of carbonyl (C=O) groups is 1. The molecule has 6 nitrogen and oxygen atoms in total. The van der Waals surface area contributed by atoms with Crippen molar-refractivity contribution in [3.8, 4) is 6.07 Å². The topological polar surface area (TPSA) is 79.4 Å². The van der Waals surface area contributed by atoms with Gasteiger partial charge in [0.15, 0.2) is 5.69 Å². The summed E-state index contributed by atoms with van der Waals surface area (Å²) in [7, 11) is 1.56. The number of hydrogen-bond donors (Lipinski definition) is 0. The van der Waals surface area contributed by atoms with Gasteiger partial charge in [0.25, 0.3) is 5.91 Å². The molecule has 0 saturated carbocycles. The number of hydrogen-bond acceptors (Lipinski definition) is 5. The van der Waals surface area contributed by atoms with E-state index in [2.05, 4.69) is 9.68 Å². The molecule has 0 radical (unpaired) electrons. The largest absolute Gasteiger partial charge is 0.383 e. The summed E-state index contributed by atoms with van der Waals surface area (Å²) in [6, 6.07) is 3.49. The molecule has 0 atom stereocenters. The van der Waals surface area contributed by atoms with Gasteiger partial charge in [-0.1, -0.05) is 5.16 Å². The number of ether oxygens (including phenoxy) is 1. The summed E-state index contributed by atoms with van der Waals surface area (Å²) in [6.45, 7) is 1.23. The molecule has 1 amide bonds. The Morgan fingerprint density at radius 3 is 3.06 bits per heavy atom. The van der Waals surface area contributed by atoms with E-state index in [0.717, 1.165) is 0 Å². The Balaban J connectivity index is 2.60. The van der Waals surface area contributed by atoms with Gasteiger partial charge in [-0.05, 0) is 0 Å². The molecule has 0 aromatic carbocycles. The summed E-state index contributed by atoms with van der Waals surface area (Å²) in [5.74, 6) is -0.249. The predicted octanol–water partition coefficient (Wildman–Crippen LogP) is 0.677. The van der Waals surface area contributed by atoms with Gasteiger partial charge >= 0.3 is 0 Å². The Morgan fingerprint density at radius 2 is 2.50 bits per heavy atom. The minimum Gasteiger partial charge on any atom is -0.383 e. The van der Waals surface area contributed by atoms with Crippen molar-refractivity contribution in [3.05, 3.63) is 18.0 Å². The molecule has 0 N–H and O–H groups in total. The fraction of sp³-hybridized carbons (Fsp3) is 0.500. The maximum Gasteiger partial charge on any atom is 0.276 e. The molecule has 0 aliphatic rings. The average molecular weight is 223 g/mol. The molecule has 0 saturated heterocycles. The van der Waals surface area contributed by atoms with Gasteiger partial charge in [0, 0.05) is 26.3 Å². The smallest absolute Gasteiger partial charge is 0.276 e. The zero-order valence-electron chi connectivity index (χ0n) is 9.05. The van der Waals surface area contributed by atoms with Crippen LogP contribution in [0.25, 0.3) is 0 Å². The van der Waals surface area contributed by atoms with E-state index in [9.17, 15) is 4.79 Å². The average Bonchev–Trinajstić information content (AvgIpc) is 2.82. The van der Waals surface area contributed by atoms with Gasteiger partial charge in [0.2, 0.25) is 0 Å². The maximum absolute atomic E-state index is 11.9. The Hall–Kier alpha value is -1.87. The molecule has 0 spiro atoms. The number of amides is 1. The van der Waals surface area contributed by atoms with Crippen LogP contribution in [-0.2, 0) is 4.74 Å². The Bertz CT molecular complexity index is 356. The van der Waals surface area contributed by atoms with Crippen LogP contribution < -0.4 is 0 Å². The van der Waals surface area contributed by atoms with Crippen LogP contribution in [0, 0.1) is 11.3 Å². The third kappa shape index (κ3) is 3.37. The second-order valence-electron chi connectivity index (χ2n) is 3.08. The molecule has 0 aliphatic heterocycles. The molecule has 16 heavy (non-hydrogen) atoms. The van der Waals surface area contributed by atoms with Gasteiger partial charge in [-0.15, -0.1) is 0 Å². The standard InChI is InChI=1S/C10H13N3O3/c1-15-8-6-13(5-2-4-11)10(14)9-3-7-16-12-9/h3,7H,2,5-6,8H2,1H3. The number of rotatable bonds is 6. The first-order valence-electron chi connectivity index (χ1n) is 4.85.